The van der Waals surface area contributed by atoms with Crippen molar-refractivity contribution in [2.24, 2.45) is 10.2 Å². The highest BCUT2D eigenvalue weighted by Gasteiger charge is 2.14. The van der Waals surface area contributed by atoms with Crippen LogP contribution in [0.1, 0.15) is 0 Å². The number of rotatable bonds is 4. The van der Waals surface area contributed by atoms with Gasteiger partial charge in [0.2, 0.25) is 10.0 Å². The van der Waals surface area contributed by atoms with E-state index >= 15 is 0 Å². The number of hydrogen-bond acceptors (Lipinski definition) is 6. The van der Waals surface area contributed by atoms with Gasteiger partial charge in [0.25, 0.3) is 0 Å². The van der Waals surface area contributed by atoms with Crippen molar-refractivity contribution in [3.63, 3.8) is 0 Å². The van der Waals surface area contributed by atoms with Crippen LogP contribution in [0.25, 0.3) is 10.8 Å². The van der Waals surface area contributed by atoms with Crippen LogP contribution in [0.2, 0.25) is 5.02 Å². The lowest BCUT2D eigenvalue weighted by Crippen LogP contribution is -2.18. The highest BCUT2D eigenvalue weighted by Crippen LogP contribution is 2.38. The van der Waals surface area contributed by atoms with Crippen LogP contribution in [0, 0.1) is 0 Å². The monoisotopic (exact) mass is 391 g/mol. The second-order valence-electron chi connectivity index (χ2n) is 5.36. The summed E-state index contributed by atoms with van der Waals surface area (Å²) in [5.41, 5.74) is 0.290. The van der Waals surface area contributed by atoms with E-state index in [1.807, 2.05) is 0 Å². The fraction of sp³-hybridized carbons (Fsp3) is 0.0588. The predicted molar refractivity (Wildman–Crippen MR) is 99.2 cm³/mol. The molecule has 0 aromatic heterocycles. The number of halogens is 1. The van der Waals surface area contributed by atoms with E-state index in [4.69, 9.17) is 11.6 Å². The Morgan fingerprint density at radius 2 is 1.69 bits per heavy atom. The highest BCUT2D eigenvalue weighted by atomic mass is 35.5. The van der Waals surface area contributed by atoms with E-state index < -0.39 is 10.0 Å². The Hall–Kier alpha value is -2.68. The van der Waals surface area contributed by atoms with Gasteiger partial charge >= 0.3 is 0 Å². The van der Waals surface area contributed by atoms with Gasteiger partial charge in [0.05, 0.1) is 4.90 Å². The molecule has 0 saturated carbocycles. The first-order valence-electron chi connectivity index (χ1n) is 7.41. The van der Waals surface area contributed by atoms with E-state index in [1.54, 1.807) is 6.07 Å². The molecule has 3 aromatic carbocycles. The molecule has 0 aliphatic rings. The average Bonchev–Trinajstić information content (AvgIpc) is 2.63. The van der Waals surface area contributed by atoms with Crippen LogP contribution in [0.4, 0.5) is 11.4 Å². The minimum Gasteiger partial charge on any atom is -0.506 e. The van der Waals surface area contributed by atoms with Gasteiger partial charge < -0.3 is 10.2 Å². The van der Waals surface area contributed by atoms with Crippen molar-refractivity contribution >= 4 is 43.8 Å². The highest BCUT2D eigenvalue weighted by molar-refractivity contribution is 7.89. The number of sulfonamides is 1. The van der Waals surface area contributed by atoms with Crippen LogP contribution in [-0.4, -0.2) is 25.7 Å². The smallest absolute Gasteiger partial charge is 0.240 e. The molecule has 0 aliphatic heterocycles. The summed E-state index contributed by atoms with van der Waals surface area (Å²) in [6.07, 6.45) is 0. The first-order chi connectivity index (χ1) is 12.3. The van der Waals surface area contributed by atoms with Crippen LogP contribution in [-0.2, 0) is 10.0 Å². The quantitative estimate of drug-likeness (QED) is 0.578. The Balaban J connectivity index is 2.12. The molecular formula is C17H14ClN3O4S. The molecule has 0 radical (unpaired) electrons. The molecule has 3 aromatic rings. The van der Waals surface area contributed by atoms with Gasteiger partial charge in [-0.1, -0.05) is 23.7 Å². The summed E-state index contributed by atoms with van der Waals surface area (Å²) in [5, 5.41) is 29.3. The minimum absolute atomic E-state index is 0.0913. The summed E-state index contributed by atoms with van der Waals surface area (Å²) < 4.78 is 26.1. The van der Waals surface area contributed by atoms with Crippen molar-refractivity contribution in [3.8, 4) is 11.5 Å². The number of hydrogen-bond donors (Lipinski definition) is 3. The fourth-order valence-corrected chi connectivity index (χ4v) is 3.28. The summed E-state index contributed by atoms with van der Waals surface area (Å²) >= 11 is 5.87. The van der Waals surface area contributed by atoms with Crippen LogP contribution in [0.3, 0.4) is 0 Å². The van der Waals surface area contributed by atoms with Crippen LogP contribution in [0.5, 0.6) is 11.5 Å². The normalized spacial score (nSPS) is 12.1. The van der Waals surface area contributed by atoms with Gasteiger partial charge in [0.1, 0.15) is 22.9 Å². The summed E-state index contributed by atoms with van der Waals surface area (Å²) in [4.78, 5) is 0.0913. The standard InChI is InChI=1S/C17H14ClN3O4S/c1-19-26(24,25)12-4-5-13-10(8-12)2-6-16(23)17(13)21-20-14-9-11(18)3-7-15(14)22/h2-9,19,22-23H,1H3. The Kier molecular flexibility index (Phi) is 4.82. The van der Waals surface area contributed by atoms with E-state index in [0.717, 1.165) is 0 Å². The molecule has 0 unspecified atom stereocenters. The summed E-state index contributed by atoms with van der Waals surface area (Å²) in [6, 6.07) is 11.7. The van der Waals surface area contributed by atoms with Gasteiger partial charge in [-0.15, -0.1) is 10.2 Å². The molecule has 26 heavy (non-hydrogen) atoms. The van der Waals surface area contributed by atoms with Crippen molar-refractivity contribution in [1.82, 2.24) is 4.72 Å². The first kappa shape index (κ1) is 18.1. The van der Waals surface area contributed by atoms with Crippen molar-refractivity contribution in [2.75, 3.05) is 7.05 Å². The second-order valence-corrected chi connectivity index (χ2v) is 7.68. The average molecular weight is 392 g/mol. The molecule has 0 fully saturated rings. The lowest BCUT2D eigenvalue weighted by atomic mass is 10.1. The van der Waals surface area contributed by atoms with Gasteiger partial charge in [-0.25, -0.2) is 13.1 Å². The molecule has 0 spiro atoms. The third-order valence-corrected chi connectivity index (χ3v) is 5.36. The summed E-state index contributed by atoms with van der Waals surface area (Å²) in [7, 11) is -2.27. The number of benzene rings is 3. The molecule has 0 amide bonds. The van der Waals surface area contributed by atoms with E-state index in [0.29, 0.717) is 15.8 Å². The molecule has 134 valence electrons. The van der Waals surface area contributed by atoms with E-state index in [9.17, 15) is 18.6 Å². The number of azo groups is 1. The van der Waals surface area contributed by atoms with Gasteiger partial charge in [-0.3, -0.25) is 0 Å². The van der Waals surface area contributed by atoms with Crippen molar-refractivity contribution in [1.29, 1.82) is 0 Å². The Morgan fingerprint density at radius 3 is 2.42 bits per heavy atom. The first-order valence-corrected chi connectivity index (χ1v) is 9.27. The zero-order chi connectivity index (χ0) is 18.9. The Morgan fingerprint density at radius 1 is 0.962 bits per heavy atom. The molecule has 0 bridgehead atoms. The van der Waals surface area contributed by atoms with Crippen molar-refractivity contribution in [2.45, 2.75) is 4.90 Å². The molecule has 9 heteroatoms. The number of phenols is 2. The van der Waals surface area contributed by atoms with Crippen molar-refractivity contribution in [3.05, 3.63) is 53.6 Å². The maximum absolute atomic E-state index is 11.9. The third-order valence-electron chi connectivity index (χ3n) is 3.72. The van der Waals surface area contributed by atoms with E-state index in [-0.39, 0.29) is 27.8 Å². The molecule has 0 aliphatic carbocycles. The van der Waals surface area contributed by atoms with E-state index in [2.05, 4.69) is 15.0 Å². The predicted octanol–water partition coefficient (Wildman–Crippen LogP) is 4.23. The van der Waals surface area contributed by atoms with Crippen LogP contribution in [0.15, 0.2) is 63.7 Å². The third kappa shape index (κ3) is 3.48. The summed E-state index contributed by atoms with van der Waals surface area (Å²) in [5.74, 6) is -0.243. The van der Waals surface area contributed by atoms with Gasteiger partial charge in [0, 0.05) is 10.4 Å². The maximum Gasteiger partial charge on any atom is 0.240 e. The minimum atomic E-state index is -3.59. The maximum atomic E-state index is 11.9. The van der Waals surface area contributed by atoms with Crippen LogP contribution >= 0.6 is 11.6 Å². The largest absolute Gasteiger partial charge is 0.506 e. The Bertz CT molecular complexity index is 1130. The zero-order valence-corrected chi connectivity index (χ0v) is 15.1. The zero-order valence-electron chi connectivity index (χ0n) is 13.5. The fourth-order valence-electron chi connectivity index (χ4n) is 2.35. The number of nitrogens with zero attached hydrogens (tertiary/aromatic N) is 2. The number of aromatic hydroxyl groups is 2. The molecule has 0 saturated heterocycles. The molecule has 3 N–H and O–H groups in total. The van der Waals surface area contributed by atoms with E-state index in [1.165, 1.54) is 49.5 Å². The molecule has 7 nitrogen and oxygen atoms in total. The Labute approximate surface area is 154 Å². The van der Waals surface area contributed by atoms with Crippen molar-refractivity contribution < 1.29 is 18.6 Å². The SMILES string of the molecule is CNS(=O)(=O)c1ccc2c(N=Nc3cc(Cl)ccc3O)c(O)ccc2c1. The number of fused-ring (bicyclic) bond motifs is 1. The molecular weight excluding hydrogens is 378 g/mol. The van der Waals surface area contributed by atoms with Gasteiger partial charge in [0.15, 0.2) is 0 Å². The van der Waals surface area contributed by atoms with Gasteiger partial charge in [-0.2, -0.15) is 0 Å². The van der Waals surface area contributed by atoms with Crippen LogP contribution < -0.4 is 4.72 Å². The molecule has 3 rings (SSSR count). The number of phenolic OH excluding ortho intramolecular Hbond substituents is 2. The number of nitrogens with one attached hydrogen (secondary N) is 1. The summed E-state index contributed by atoms with van der Waals surface area (Å²) in [6.45, 7) is 0. The van der Waals surface area contributed by atoms with Gasteiger partial charge in [-0.05, 0) is 48.8 Å². The lowest BCUT2D eigenvalue weighted by Gasteiger charge is -2.07. The molecule has 0 heterocycles. The lowest BCUT2D eigenvalue weighted by molar-refractivity contribution is 0.474. The molecule has 0 atom stereocenters. The second kappa shape index (κ2) is 6.91. The topological polar surface area (TPSA) is 111 Å².